The van der Waals surface area contributed by atoms with Crippen LogP contribution < -0.4 is 4.74 Å². The first-order valence-electron chi connectivity index (χ1n) is 13.0. The van der Waals surface area contributed by atoms with Crippen LogP contribution in [0.15, 0.2) is 24.3 Å². The minimum Gasteiger partial charge on any atom is -0.494 e. The largest absolute Gasteiger partial charge is 0.494 e. The Morgan fingerprint density at radius 1 is 0.655 bits per heavy atom. The number of benzene rings is 1. The van der Waals surface area contributed by atoms with Gasteiger partial charge in [-0.1, -0.05) is 109 Å². The van der Waals surface area contributed by atoms with Gasteiger partial charge in [0, 0.05) is 0 Å². The van der Waals surface area contributed by atoms with Crippen LogP contribution in [-0.2, 0) is 6.42 Å². The molecule has 29 heavy (non-hydrogen) atoms. The van der Waals surface area contributed by atoms with Crippen LogP contribution in [-0.4, -0.2) is 6.61 Å². The van der Waals surface area contributed by atoms with E-state index in [0.29, 0.717) is 0 Å². The first-order chi connectivity index (χ1) is 14.3. The Bertz CT molecular complexity index is 484. The molecule has 0 atom stereocenters. The van der Waals surface area contributed by atoms with Gasteiger partial charge in [0.2, 0.25) is 0 Å². The van der Waals surface area contributed by atoms with Crippen molar-refractivity contribution in [2.45, 2.75) is 123 Å². The molecule has 1 fully saturated rings. The maximum absolute atomic E-state index is 6.01. The predicted molar refractivity (Wildman–Crippen MR) is 128 cm³/mol. The van der Waals surface area contributed by atoms with E-state index >= 15 is 0 Å². The van der Waals surface area contributed by atoms with E-state index in [1.165, 1.54) is 115 Å². The lowest BCUT2D eigenvalue weighted by molar-refractivity contribution is 0.228. The highest BCUT2D eigenvalue weighted by molar-refractivity contribution is 5.27. The van der Waals surface area contributed by atoms with Crippen molar-refractivity contribution in [1.29, 1.82) is 0 Å². The van der Waals surface area contributed by atoms with E-state index in [2.05, 4.69) is 38.1 Å². The van der Waals surface area contributed by atoms with Gasteiger partial charge in [-0.05, 0) is 55.2 Å². The summed E-state index contributed by atoms with van der Waals surface area (Å²) in [6, 6.07) is 8.87. The van der Waals surface area contributed by atoms with E-state index in [1.807, 2.05) is 0 Å². The molecule has 1 saturated carbocycles. The third kappa shape index (κ3) is 11.1. The second kappa shape index (κ2) is 15.8. The quantitative estimate of drug-likeness (QED) is 0.251. The fraction of sp³-hybridized carbons (Fsp3) is 0.786. The lowest BCUT2D eigenvalue weighted by atomic mass is 9.78. The van der Waals surface area contributed by atoms with Crippen LogP contribution in [0.4, 0.5) is 0 Å². The summed E-state index contributed by atoms with van der Waals surface area (Å²) in [5, 5.41) is 0. The monoisotopic (exact) mass is 400 g/mol. The third-order valence-electron chi connectivity index (χ3n) is 6.95. The van der Waals surface area contributed by atoms with Crippen LogP contribution in [0.3, 0.4) is 0 Å². The summed E-state index contributed by atoms with van der Waals surface area (Å²) in [4.78, 5) is 0. The smallest absolute Gasteiger partial charge is 0.119 e. The number of ether oxygens (including phenoxy) is 1. The highest BCUT2D eigenvalue weighted by Crippen LogP contribution is 2.34. The van der Waals surface area contributed by atoms with Gasteiger partial charge in [-0.15, -0.1) is 0 Å². The van der Waals surface area contributed by atoms with Crippen molar-refractivity contribution in [1.82, 2.24) is 0 Å². The number of aryl methyl sites for hydroxylation is 1. The number of hydrogen-bond acceptors (Lipinski definition) is 1. The maximum Gasteiger partial charge on any atom is 0.119 e. The van der Waals surface area contributed by atoms with Gasteiger partial charge in [-0.2, -0.15) is 0 Å². The molecule has 1 aromatic carbocycles. The molecule has 0 heterocycles. The van der Waals surface area contributed by atoms with E-state index in [0.717, 1.165) is 24.2 Å². The van der Waals surface area contributed by atoms with Crippen LogP contribution in [0.2, 0.25) is 0 Å². The fourth-order valence-corrected chi connectivity index (χ4v) is 4.92. The van der Waals surface area contributed by atoms with Crippen molar-refractivity contribution in [3.05, 3.63) is 29.8 Å². The minimum absolute atomic E-state index is 0.882. The highest BCUT2D eigenvalue weighted by Gasteiger charge is 2.20. The predicted octanol–water partition coefficient (Wildman–Crippen LogP) is 9.14. The van der Waals surface area contributed by atoms with Crippen molar-refractivity contribution >= 4 is 0 Å². The van der Waals surface area contributed by atoms with Crippen LogP contribution in [0.5, 0.6) is 5.75 Å². The molecule has 0 aromatic heterocycles. The van der Waals surface area contributed by atoms with Gasteiger partial charge in [-0.25, -0.2) is 0 Å². The zero-order chi connectivity index (χ0) is 20.6. The summed E-state index contributed by atoms with van der Waals surface area (Å²) in [5.41, 5.74) is 1.46. The van der Waals surface area contributed by atoms with Gasteiger partial charge in [0.25, 0.3) is 0 Å². The zero-order valence-electron chi connectivity index (χ0n) is 19.6. The van der Waals surface area contributed by atoms with E-state index in [4.69, 9.17) is 4.74 Å². The molecule has 2 rings (SSSR count). The average molecular weight is 401 g/mol. The molecule has 1 aliphatic rings. The summed E-state index contributed by atoms with van der Waals surface area (Å²) in [6.07, 6.45) is 23.7. The van der Waals surface area contributed by atoms with Crippen LogP contribution in [0, 0.1) is 11.8 Å². The summed E-state index contributed by atoms with van der Waals surface area (Å²) >= 11 is 0. The van der Waals surface area contributed by atoms with E-state index < -0.39 is 0 Å². The molecule has 0 spiro atoms. The van der Waals surface area contributed by atoms with Gasteiger partial charge < -0.3 is 4.74 Å². The third-order valence-corrected chi connectivity index (χ3v) is 6.95. The summed E-state index contributed by atoms with van der Waals surface area (Å²) in [6.45, 7) is 5.47. The second-order valence-corrected chi connectivity index (χ2v) is 9.53. The molecule has 0 saturated heterocycles. The second-order valence-electron chi connectivity index (χ2n) is 9.53. The van der Waals surface area contributed by atoms with E-state index in [1.54, 1.807) is 0 Å². The topological polar surface area (TPSA) is 9.23 Å². The molecule has 166 valence electrons. The van der Waals surface area contributed by atoms with Gasteiger partial charge in [0.05, 0.1) is 6.61 Å². The van der Waals surface area contributed by atoms with Gasteiger partial charge in [-0.3, -0.25) is 0 Å². The molecule has 1 heteroatoms. The van der Waals surface area contributed by atoms with Gasteiger partial charge in [0.15, 0.2) is 0 Å². The molecule has 0 unspecified atom stereocenters. The Balaban J connectivity index is 1.49. The molecule has 1 aromatic rings. The molecular formula is C28H48O. The van der Waals surface area contributed by atoms with Crippen LogP contribution >= 0.6 is 0 Å². The van der Waals surface area contributed by atoms with Crippen molar-refractivity contribution in [3.63, 3.8) is 0 Å². The standard InChI is InChI=1S/C28H48O/c1-3-5-7-9-11-14-26-20-22-28(23-21-26)29-24-12-15-27-18-16-25(17-19-27)13-10-8-6-4-2/h20-23,25,27H,3-19,24H2,1-2H3/t25-,27-. The molecule has 1 aliphatic carbocycles. The number of unbranched alkanes of at least 4 members (excludes halogenated alkanes) is 7. The van der Waals surface area contributed by atoms with E-state index in [-0.39, 0.29) is 0 Å². The molecule has 0 radical (unpaired) electrons. The number of rotatable bonds is 16. The molecule has 0 bridgehead atoms. The fourth-order valence-electron chi connectivity index (χ4n) is 4.92. The normalized spacial score (nSPS) is 19.4. The molecule has 0 N–H and O–H groups in total. The van der Waals surface area contributed by atoms with Crippen molar-refractivity contribution < 1.29 is 4.74 Å². The number of hydrogen-bond donors (Lipinski definition) is 0. The Labute approximate surface area is 182 Å². The van der Waals surface area contributed by atoms with Crippen molar-refractivity contribution in [2.24, 2.45) is 11.8 Å². The minimum atomic E-state index is 0.882. The molecule has 0 amide bonds. The Morgan fingerprint density at radius 3 is 1.83 bits per heavy atom. The zero-order valence-corrected chi connectivity index (χ0v) is 19.6. The Morgan fingerprint density at radius 2 is 1.21 bits per heavy atom. The summed E-state index contributed by atoms with van der Waals surface area (Å²) in [7, 11) is 0. The van der Waals surface area contributed by atoms with E-state index in [9.17, 15) is 0 Å². The summed E-state index contributed by atoms with van der Waals surface area (Å²) in [5.74, 6) is 3.04. The molecular weight excluding hydrogens is 352 g/mol. The van der Waals surface area contributed by atoms with Crippen molar-refractivity contribution in [3.8, 4) is 5.75 Å². The summed E-state index contributed by atoms with van der Waals surface area (Å²) < 4.78 is 6.01. The van der Waals surface area contributed by atoms with Crippen molar-refractivity contribution in [2.75, 3.05) is 6.61 Å². The first kappa shape index (κ1) is 24.3. The Hall–Kier alpha value is -0.980. The first-order valence-corrected chi connectivity index (χ1v) is 13.0. The lowest BCUT2D eigenvalue weighted by Gasteiger charge is -2.28. The van der Waals surface area contributed by atoms with Crippen LogP contribution in [0.1, 0.15) is 122 Å². The van der Waals surface area contributed by atoms with Crippen LogP contribution in [0.25, 0.3) is 0 Å². The molecule has 1 nitrogen and oxygen atoms in total. The SMILES string of the molecule is CCCCCCCc1ccc(OCCC[C@H]2CC[C@H](CCCCCC)CC2)cc1. The molecule has 0 aliphatic heterocycles. The lowest BCUT2D eigenvalue weighted by Crippen LogP contribution is -2.15. The highest BCUT2D eigenvalue weighted by atomic mass is 16.5. The Kier molecular flexibility index (Phi) is 13.2. The maximum atomic E-state index is 6.01. The van der Waals surface area contributed by atoms with Gasteiger partial charge >= 0.3 is 0 Å². The van der Waals surface area contributed by atoms with Gasteiger partial charge in [0.1, 0.15) is 5.75 Å². The average Bonchev–Trinajstić information content (AvgIpc) is 2.76.